The second kappa shape index (κ2) is 6.30. The molecule has 0 aromatic carbocycles. The topological polar surface area (TPSA) is 64.6 Å². The van der Waals surface area contributed by atoms with E-state index in [1.165, 1.54) is 0 Å². The number of amides is 1. The smallest absolute Gasteiger partial charge is 0.274 e. The maximum Gasteiger partial charge on any atom is 0.274 e. The largest absolute Gasteiger partial charge is 0.376 e. The van der Waals surface area contributed by atoms with Crippen LogP contribution < -0.4 is 0 Å². The molecule has 0 radical (unpaired) electrons. The highest BCUT2D eigenvalue weighted by atomic mass is 16.6. The summed E-state index contributed by atoms with van der Waals surface area (Å²) < 4.78 is 11.7. The SMILES string of the molecule is CCO[C@H]1COC2(CCN(C(=O)c3cnc(C)cn3)CC2)C1. The predicted molar refractivity (Wildman–Crippen MR) is 80.6 cm³/mol. The molecule has 1 aromatic heterocycles. The molecule has 0 N–H and O–H groups in total. The summed E-state index contributed by atoms with van der Waals surface area (Å²) in [6.45, 7) is 6.67. The van der Waals surface area contributed by atoms with E-state index in [4.69, 9.17) is 9.47 Å². The van der Waals surface area contributed by atoms with Crippen molar-refractivity contribution in [2.75, 3.05) is 26.3 Å². The number of likely N-dealkylation sites (tertiary alicyclic amines) is 1. The van der Waals surface area contributed by atoms with Crippen molar-refractivity contribution in [1.82, 2.24) is 14.9 Å². The minimum absolute atomic E-state index is 0.0401. The van der Waals surface area contributed by atoms with Gasteiger partial charge in [0.25, 0.3) is 5.91 Å². The number of nitrogens with zero attached hydrogens (tertiary/aromatic N) is 3. The summed E-state index contributed by atoms with van der Waals surface area (Å²) in [5.41, 5.74) is 1.13. The lowest BCUT2D eigenvalue weighted by Gasteiger charge is -2.38. The number of aromatic nitrogens is 2. The Kier molecular flexibility index (Phi) is 4.40. The van der Waals surface area contributed by atoms with E-state index in [1.807, 2.05) is 18.7 Å². The number of rotatable bonds is 3. The van der Waals surface area contributed by atoms with Crippen LogP contribution in [0.2, 0.25) is 0 Å². The summed E-state index contributed by atoms with van der Waals surface area (Å²) in [4.78, 5) is 22.6. The van der Waals surface area contributed by atoms with Crippen molar-refractivity contribution < 1.29 is 14.3 Å². The maximum absolute atomic E-state index is 12.4. The van der Waals surface area contributed by atoms with Crippen molar-refractivity contribution in [3.8, 4) is 0 Å². The first-order valence-corrected chi connectivity index (χ1v) is 7.95. The van der Waals surface area contributed by atoms with Crippen molar-refractivity contribution in [1.29, 1.82) is 0 Å². The molecule has 1 aromatic rings. The van der Waals surface area contributed by atoms with Crippen molar-refractivity contribution in [3.05, 3.63) is 23.8 Å². The molecule has 0 saturated carbocycles. The fraction of sp³-hybridized carbons (Fsp3) is 0.688. The van der Waals surface area contributed by atoms with E-state index in [0.29, 0.717) is 25.4 Å². The number of piperidine rings is 1. The Hall–Kier alpha value is -1.53. The van der Waals surface area contributed by atoms with Crippen LogP contribution in [0.3, 0.4) is 0 Å². The Labute approximate surface area is 130 Å². The molecule has 22 heavy (non-hydrogen) atoms. The molecule has 1 atom stereocenters. The van der Waals surface area contributed by atoms with E-state index in [9.17, 15) is 4.79 Å². The van der Waals surface area contributed by atoms with Gasteiger partial charge in [0.05, 0.1) is 30.2 Å². The maximum atomic E-state index is 12.4. The molecule has 2 aliphatic rings. The first-order chi connectivity index (χ1) is 10.6. The quantitative estimate of drug-likeness (QED) is 0.848. The van der Waals surface area contributed by atoms with E-state index < -0.39 is 0 Å². The monoisotopic (exact) mass is 305 g/mol. The Balaban J connectivity index is 1.58. The molecular weight excluding hydrogens is 282 g/mol. The van der Waals surface area contributed by atoms with Gasteiger partial charge in [-0.25, -0.2) is 4.98 Å². The lowest BCUT2D eigenvalue weighted by molar-refractivity contribution is -0.0408. The van der Waals surface area contributed by atoms with Crippen LogP contribution >= 0.6 is 0 Å². The minimum Gasteiger partial charge on any atom is -0.376 e. The highest BCUT2D eigenvalue weighted by Gasteiger charge is 2.43. The van der Waals surface area contributed by atoms with Gasteiger partial charge in [0.1, 0.15) is 5.69 Å². The number of carbonyl (C=O) groups is 1. The first-order valence-electron chi connectivity index (χ1n) is 7.95. The van der Waals surface area contributed by atoms with Gasteiger partial charge in [-0.3, -0.25) is 9.78 Å². The molecule has 0 aliphatic carbocycles. The molecule has 3 rings (SSSR count). The Bertz CT molecular complexity index is 524. The number of aryl methyl sites for hydroxylation is 1. The van der Waals surface area contributed by atoms with Crippen LogP contribution in [0.1, 0.15) is 42.4 Å². The normalized spacial score (nSPS) is 23.9. The zero-order valence-corrected chi connectivity index (χ0v) is 13.2. The lowest BCUT2D eigenvalue weighted by atomic mass is 9.88. The summed E-state index contributed by atoms with van der Waals surface area (Å²) in [5, 5.41) is 0. The van der Waals surface area contributed by atoms with Crippen LogP contribution in [0.25, 0.3) is 0 Å². The van der Waals surface area contributed by atoms with Crippen molar-refractivity contribution in [2.24, 2.45) is 0 Å². The van der Waals surface area contributed by atoms with Crippen molar-refractivity contribution >= 4 is 5.91 Å². The average molecular weight is 305 g/mol. The summed E-state index contributed by atoms with van der Waals surface area (Å²) >= 11 is 0. The van der Waals surface area contributed by atoms with Crippen LogP contribution in [-0.2, 0) is 9.47 Å². The van der Waals surface area contributed by atoms with Crippen molar-refractivity contribution in [3.63, 3.8) is 0 Å². The van der Waals surface area contributed by atoms with Gasteiger partial charge in [0.2, 0.25) is 0 Å². The molecule has 6 heteroatoms. The summed E-state index contributed by atoms with van der Waals surface area (Å²) in [6.07, 6.45) is 6.05. The summed E-state index contributed by atoms with van der Waals surface area (Å²) in [5.74, 6) is -0.0401. The molecule has 0 unspecified atom stereocenters. The summed E-state index contributed by atoms with van der Waals surface area (Å²) in [7, 11) is 0. The zero-order valence-electron chi connectivity index (χ0n) is 13.2. The van der Waals surface area contributed by atoms with Gasteiger partial charge >= 0.3 is 0 Å². The second-order valence-corrected chi connectivity index (χ2v) is 6.11. The number of carbonyl (C=O) groups excluding carboxylic acids is 1. The summed E-state index contributed by atoms with van der Waals surface area (Å²) in [6, 6.07) is 0. The Morgan fingerprint density at radius 1 is 1.41 bits per heavy atom. The third-order valence-electron chi connectivity index (χ3n) is 4.54. The molecule has 2 aliphatic heterocycles. The van der Waals surface area contributed by atoms with Gasteiger partial charge in [0.15, 0.2) is 0 Å². The third kappa shape index (κ3) is 3.13. The van der Waals surface area contributed by atoms with E-state index in [0.717, 1.165) is 31.6 Å². The van der Waals surface area contributed by atoms with Gasteiger partial charge in [-0.15, -0.1) is 0 Å². The Morgan fingerprint density at radius 3 is 2.82 bits per heavy atom. The first kappa shape index (κ1) is 15.4. The predicted octanol–water partition coefficient (Wildman–Crippen LogP) is 1.59. The Morgan fingerprint density at radius 2 is 2.18 bits per heavy atom. The zero-order chi connectivity index (χ0) is 15.6. The molecule has 0 bridgehead atoms. The van der Waals surface area contributed by atoms with E-state index >= 15 is 0 Å². The fourth-order valence-electron chi connectivity index (χ4n) is 3.28. The number of hydrogen-bond donors (Lipinski definition) is 0. The van der Waals surface area contributed by atoms with E-state index in [2.05, 4.69) is 9.97 Å². The van der Waals surface area contributed by atoms with E-state index in [1.54, 1.807) is 12.4 Å². The average Bonchev–Trinajstić information content (AvgIpc) is 2.91. The van der Waals surface area contributed by atoms with Gasteiger partial charge in [0, 0.05) is 32.3 Å². The molecule has 2 saturated heterocycles. The van der Waals surface area contributed by atoms with Gasteiger partial charge < -0.3 is 14.4 Å². The molecular formula is C16H23N3O3. The van der Waals surface area contributed by atoms with E-state index in [-0.39, 0.29) is 17.6 Å². The van der Waals surface area contributed by atoms with Gasteiger partial charge in [-0.1, -0.05) is 0 Å². The van der Waals surface area contributed by atoms with Crippen molar-refractivity contribution in [2.45, 2.75) is 44.8 Å². The lowest BCUT2D eigenvalue weighted by Crippen LogP contribution is -2.46. The molecule has 3 heterocycles. The van der Waals surface area contributed by atoms with Crippen LogP contribution in [-0.4, -0.2) is 58.8 Å². The highest BCUT2D eigenvalue weighted by molar-refractivity contribution is 5.92. The van der Waals surface area contributed by atoms with Crippen LogP contribution in [0, 0.1) is 6.92 Å². The molecule has 1 spiro atoms. The third-order valence-corrected chi connectivity index (χ3v) is 4.54. The van der Waals surface area contributed by atoms with Gasteiger partial charge in [-0.2, -0.15) is 0 Å². The molecule has 1 amide bonds. The minimum atomic E-state index is -0.102. The van der Waals surface area contributed by atoms with Crippen LogP contribution in [0.4, 0.5) is 0 Å². The highest BCUT2D eigenvalue weighted by Crippen LogP contribution is 2.37. The van der Waals surface area contributed by atoms with Crippen LogP contribution in [0.5, 0.6) is 0 Å². The second-order valence-electron chi connectivity index (χ2n) is 6.11. The molecule has 6 nitrogen and oxygen atoms in total. The molecule has 2 fully saturated rings. The standard InChI is InChI=1S/C16H23N3O3/c1-3-21-13-8-16(22-11-13)4-6-19(7-5-16)15(20)14-10-17-12(2)9-18-14/h9-10,13H,3-8,11H2,1-2H3/t13-/m1/s1. The van der Waals surface area contributed by atoms with Crippen LogP contribution in [0.15, 0.2) is 12.4 Å². The van der Waals surface area contributed by atoms with Gasteiger partial charge in [-0.05, 0) is 26.7 Å². The number of hydrogen-bond acceptors (Lipinski definition) is 5. The number of ether oxygens (including phenoxy) is 2. The molecule has 120 valence electrons. The fourth-order valence-corrected chi connectivity index (χ4v) is 3.28.